The van der Waals surface area contributed by atoms with Gasteiger partial charge in [0.15, 0.2) is 5.78 Å². The summed E-state index contributed by atoms with van der Waals surface area (Å²) in [5.41, 5.74) is 4.28. The average molecular weight is 653 g/mol. The molecule has 2 aliphatic rings. The molecule has 6 heteroatoms. The molecule has 0 radical (unpaired) electrons. The van der Waals surface area contributed by atoms with Crippen LogP contribution in [0.2, 0.25) is 5.02 Å². The topological polar surface area (TPSA) is 32.8 Å². The monoisotopic (exact) mass is 652 g/mol. The molecular weight excluding hydrogens is 595 g/mol. The lowest BCUT2D eigenvalue weighted by atomic mass is 9.77. The second kappa shape index (κ2) is 17.4. The van der Waals surface area contributed by atoms with Crippen molar-refractivity contribution in [3.63, 3.8) is 0 Å². The fourth-order valence-corrected chi connectivity index (χ4v) is 8.32. The van der Waals surface area contributed by atoms with E-state index in [1.54, 1.807) is 6.07 Å². The Morgan fingerprint density at radius 1 is 1.04 bits per heavy atom. The normalized spacial score (nSPS) is 22.9. The van der Waals surface area contributed by atoms with E-state index in [1.807, 2.05) is 13.1 Å². The molecule has 1 heterocycles. The molecule has 3 atom stereocenters. The molecule has 4 rings (SSSR count). The summed E-state index contributed by atoms with van der Waals surface area (Å²) in [5.74, 6) is 1.50. The predicted octanol–water partition coefficient (Wildman–Crippen LogP) is 10.2. The number of halogens is 2. The molecule has 1 saturated carbocycles. The maximum atomic E-state index is 15.5. The van der Waals surface area contributed by atoms with Crippen LogP contribution < -0.4 is 0 Å². The van der Waals surface area contributed by atoms with E-state index in [0.29, 0.717) is 47.4 Å². The number of likely N-dealkylation sites (tertiary alicyclic amines) is 1. The van der Waals surface area contributed by atoms with E-state index in [2.05, 4.69) is 69.2 Å². The standard InChI is InChI=1S/C40H58ClFN2O2/c1-8-38(45)40(34-14-11-12-29(6)39(34)31-15-18-33(19-16-31)46-28(4)5)43(7)24-22-37(35-26-32(41)17-20-36(35)42)44-23-10-9-13-30(21-25-44)27(2)3/h8,11-12,14,17,20,26-28,30-31,33,37,40H,1,9-10,13,15-16,18-19,21-25H2,2-7H3/t30?,31?,33?,37-,40?/m0/s1. The Hall–Kier alpha value is -2.05. The van der Waals surface area contributed by atoms with Gasteiger partial charge in [0.05, 0.1) is 18.2 Å². The van der Waals surface area contributed by atoms with Crippen molar-refractivity contribution in [2.24, 2.45) is 11.8 Å². The number of carbonyl (C=O) groups is 1. The Morgan fingerprint density at radius 3 is 2.46 bits per heavy atom. The van der Waals surface area contributed by atoms with Crippen LogP contribution in [0.5, 0.6) is 0 Å². The van der Waals surface area contributed by atoms with Gasteiger partial charge in [-0.25, -0.2) is 4.39 Å². The highest BCUT2D eigenvalue weighted by Crippen LogP contribution is 2.41. The van der Waals surface area contributed by atoms with Gasteiger partial charge in [0.25, 0.3) is 0 Å². The van der Waals surface area contributed by atoms with Gasteiger partial charge in [-0.2, -0.15) is 0 Å². The number of aryl methyl sites for hydroxylation is 1. The SMILES string of the molecule is C=CC(=O)C(c1cccc(C)c1C1CCC(OC(C)C)CC1)N(C)CC[C@@H](c1cc(Cl)ccc1F)N1CCCCC(C(C)C)CC1. The van der Waals surface area contributed by atoms with Crippen LogP contribution in [0.15, 0.2) is 49.1 Å². The van der Waals surface area contributed by atoms with E-state index in [4.69, 9.17) is 16.3 Å². The summed E-state index contributed by atoms with van der Waals surface area (Å²) in [5, 5.41) is 0.555. The molecule has 0 N–H and O–H groups in total. The Kier molecular flexibility index (Phi) is 13.9. The largest absolute Gasteiger partial charge is 0.376 e. The van der Waals surface area contributed by atoms with Gasteiger partial charge in [-0.1, -0.05) is 63.1 Å². The van der Waals surface area contributed by atoms with Crippen LogP contribution in [0.1, 0.15) is 126 Å². The van der Waals surface area contributed by atoms with E-state index in [9.17, 15) is 4.79 Å². The molecule has 2 unspecified atom stereocenters. The minimum atomic E-state index is -0.445. The van der Waals surface area contributed by atoms with Crippen molar-refractivity contribution in [1.29, 1.82) is 0 Å². The van der Waals surface area contributed by atoms with Gasteiger partial charge in [0.1, 0.15) is 5.82 Å². The van der Waals surface area contributed by atoms with Crippen molar-refractivity contribution in [3.05, 3.63) is 82.1 Å². The molecule has 1 saturated heterocycles. The molecule has 2 fully saturated rings. The van der Waals surface area contributed by atoms with Gasteiger partial charge in [-0.3, -0.25) is 14.6 Å². The zero-order chi connectivity index (χ0) is 33.4. The summed E-state index contributed by atoms with van der Waals surface area (Å²) in [4.78, 5) is 18.4. The molecule has 2 aromatic rings. The number of rotatable bonds is 13. The van der Waals surface area contributed by atoms with Gasteiger partial charge < -0.3 is 4.74 Å². The van der Waals surface area contributed by atoms with Crippen molar-refractivity contribution in [1.82, 2.24) is 9.80 Å². The third-order valence-corrected chi connectivity index (χ3v) is 10.9. The van der Waals surface area contributed by atoms with Gasteiger partial charge in [-0.05, 0) is 145 Å². The summed E-state index contributed by atoms with van der Waals surface area (Å²) in [6.07, 6.45) is 11.6. The maximum Gasteiger partial charge on any atom is 0.176 e. The molecule has 1 aliphatic heterocycles. The average Bonchev–Trinajstić information content (AvgIpc) is 3.00. The molecule has 0 aromatic heterocycles. The first-order valence-corrected chi connectivity index (χ1v) is 18.2. The van der Waals surface area contributed by atoms with Gasteiger partial charge in [0, 0.05) is 23.2 Å². The molecule has 254 valence electrons. The Balaban J connectivity index is 1.61. The summed E-state index contributed by atoms with van der Waals surface area (Å²) in [6.45, 7) is 17.4. The number of hydrogen-bond acceptors (Lipinski definition) is 4. The Labute approximate surface area is 283 Å². The lowest BCUT2D eigenvalue weighted by Crippen LogP contribution is -2.38. The van der Waals surface area contributed by atoms with Crippen LogP contribution in [0, 0.1) is 24.6 Å². The lowest BCUT2D eigenvalue weighted by Gasteiger charge is -2.38. The molecule has 1 aliphatic carbocycles. The van der Waals surface area contributed by atoms with E-state index >= 15 is 4.39 Å². The molecule has 0 bridgehead atoms. The second-order valence-electron chi connectivity index (χ2n) is 14.5. The van der Waals surface area contributed by atoms with Crippen LogP contribution in [0.25, 0.3) is 0 Å². The smallest absolute Gasteiger partial charge is 0.176 e. The highest BCUT2D eigenvalue weighted by Gasteiger charge is 2.33. The van der Waals surface area contributed by atoms with Crippen LogP contribution >= 0.6 is 11.6 Å². The van der Waals surface area contributed by atoms with E-state index < -0.39 is 6.04 Å². The zero-order valence-corrected chi connectivity index (χ0v) is 30.0. The summed E-state index contributed by atoms with van der Waals surface area (Å²) in [6, 6.07) is 10.8. The summed E-state index contributed by atoms with van der Waals surface area (Å²) < 4.78 is 21.7. The molecule has 0 spiro atoms. The van der Waals surface area contributed by atoms with Crippen LogP contribution in [0.3, 0.4) is 0 Å². The van der Waals surface area contributed by atoms with Crippen molar-refractivity contribution < 1.29 is 13.9 Å². The number of nitrogens with zero attached hydrogens (tertiary/aromatic N) is 2. The van der Waals surface area contributed by atoms with Gasteiger partial charge >= 0.3 is 0 Å². The number of ether oxygens (including phenoxy) is 1. The van der Waals surface area contributed by atoms with Crippen molar-refractivity contribution >= 4 is 17.4 Å². The van der Waals surface area contributed by atoms with Crippen LogP contribution in [-0.4, -0.2) is 54.5 Å². The Bertz CT molecular complexity index is 1290. The van der Waals surface area contributed by atoms with E-state index in [1.165, 1.54) is 36.1 Å². The van der Waals surface area contributed by atoms with Crippen LogP contribution in [-0.2, 0) is 9.53 Å². The van der Waals surface area contributed by atoms with Gasteiger partial charge in [0.2, 0.25) is 0 Å². The summed E-state index contributed by atoms with van der Waals surface area (Å²) in [7, 11) is 2.04. The summed E-state index contributed by atoms with van der Waals surface area (Å²) >= 11 is 6.46. The van der Waals surface area contributed by atoms with E-state index in [-0.39, 0.29) is 23.7 Å². The highest BCUT2D eigenvalue weighted by atomic mass is 35.5. The maximum absolute atomic E-state index is 15.5. The highest BCUT2D eigenvalue weighted by molar-refractivity contribution is 6.30. The van der Waals surface area contributed by atoms with Gasteiger partial charge in [-0.15, -0.1) is 0 Å². The third kappa shape index (κ3) is 9.52. The predicted molar refractivity (Wildman–Crippen MR) is 190 cm³/mol. The number of benzene rings is 2. The Morgan fingerprint density at radius 2 is 1.78 bits per heavy atom. The lowest BCUT2D eigenvalue weighted by molar-refractivity contribution is -0.119. The van der Waals surface area contributed by atoms with Crippen molar-refractivity contribution in [2.75, 3.05) is 26.7 Å². The van der Waals surface area contributed by atoms with Crippen molar-refractivity contribution in [2.45, 2.75) is 123 Å². The first-order chi connectivity index (χ1) is 22.0. The second-order valence-corrected chi connectivity index (χ2v) is 15.0. The van der Waals surface area contributed by atoms with E-state index in [0.717, 1.165) is 57.2 Å². The molecular formula is C40H58ClFN2O2. The number of carbonyl (C=O) groups excluding carboxylic acids is 1. The third-order valence-electron chi connectivity index (χ3n) is 10.6. The molecule has 4 nitrogen and oxygen atoms in total. The van der Waals surface area contributed by atoms with Crippen LogP contribution in [0.4, 0.5) is 4.39 Å². The fourth-order valence-electron chi connectivity index (χ4n) is 8.14. The molecule has 0 amide bonds. The zero-order valence-electron chi connectivity index (χ0n) is 29.2. The minimum absolute atomic E-state index is 0.00250. The number of ketones is 1. The number of hydrogen-bond donors (Lipinski definition) is 0. The quantitative estimate of drug-likeness (QED) is 0.202. The first-order valence-electron chi connectivity index (χ1n) is 17.8. The fraction of sp³-hybridized carbons (Fsp3) is 0.625. The molecule has 2 aromatic carbocycles. The first kappa shape index (κ1) is 36.8. The van der Waals surface area contributed by atoms with Crippen molar-refractivity contribution in [3.8, 4) is 0 Å². The molecule has 46 heavy (non-hydrogen) atoms. The number of likely N-dealkylation sites (N-methyl/N-ethyl adjacent to an activating group) is 1. The minimum Gasteiger partial charge on any atom is -0.376 e.